The van der Waals surface area contributed by atoms with Crippen molar-refractivity contribution in [3.63, 3.8) is 0 Å². The van der Waals surface area contributed by atoms with Crippen LogP contribution in [0, 0.1) is 0 Å². The SMILES string of the molecule is CC(C)c1ocnc1C(=O)NCCc1noc(CO)n1. The lowest BCUT2D eigenvalue weighted by molar-refractivity contribution is 0.0947. The zero-order chi connectivity index (χ0) is 14.5. The van der Waals surface area contributed by atoms with E-state index in [1.807, 2.05) is 13.8 Å². The highest BCUT2D eigenvalue weighted by Crippen LogP contribution is 2.17. The molecule has 0 fully saturated rings. The van der Waals surface area contributed by atoms with E-state index in [4.69, 9.17) is 14.0 Å². The standard InChI is InChI=1S/C12H16N4O4/c1-7(2)11-10(14-6-19-11)12(18)13-4-3-8-15-9(5-17)20-16-8/h6-7,17H,3-5H2,1-2H3,(H,13,18). The van der Waals surface area contributed by atoms with Crippen LogP contribution in [0.2, 0.25) is 0 Å². The fourth-order valence-electron chi connectivity index (χ4n) is 1.66. The van der Waals surface area contributed by atoms with Crippen molar-refractivity contribution < 1.29 is 18.8 Å². The number of carbonyl (C=O) groups excluding carboxylic acids is 1. The quantitative estimate of drug-likeness (QED) is 0.798. The average Bonchev–Trinajstić information content (AvgIpc) is 3.07. The molecule has 0 bridgehead atoms. The fourth-order valence-corrected chi connectivity index (χ4v) is 1.66. The molecule has 2 rings (SSSR count). The number of rotatable bonds is 6. The Hall–Kier alpha value is -2.22. The lowest BCUT2D eigenvalue weighted by atomic mass is 10.1. The Labute approximate surface area is 115 Å². The molecular weight excluding hydrogens is 264 g/mol. The molecular formula is C12H16N4O4. The molecule has 0 saturated heterocycles. The minimum atomic E-state index is -0.298. The third kappa shape index (κ3) is 3.21. The molecule has 0 atom stereocenters. The Morgan fingerprint density at radius 2 is 2.30 bits per heavy atom. The highest BCUT2D eigenvalue weighted by atomic mass is 16.5. The lowest BCUT2D eigenvalue weighted by Gasteiger charge is -2.04. The first-order valence-electron chi connectivity index (χ1n) is 6.25. The van der Waals surface area contributed by atoms with E-state index in [2.05, 4.69) is 20.4 Å². The van der Waals surface area contributed by atoms with E-state index in [0.29, 0.717) is 30.2 Å². The van der Waals surface area contributed by atoms with Crippen LogP contribution in [0.3, 0.4) is 0 Å². The molecule has 2 N–H and O–H groups in total. The van der Waals surface area contributed by atoms with E-state index in [9.17, 15) is 4.79 Å². The van der Waals surface area contributed by atoms with Crippen molar-refractivity contribution in [1.82, 2.24) is 20.4 Å². The summed E-state index contributed by atoms with van der Waals surface area (Å²) in [7, 11) is 0. The highest BCUT2D eigenvalue weighted by Gasteiger charge is 2.18. The number of carbonyl (C=O) groups is 1. The summed E-state index contributed by atoms with van der Waals surface area (Å²) >= 11 is 0. The van der Waals surface area contributed by atoms with Crippen molar-refractivity contribution in [2.24, 2.45) is 0 Å². The van der Waals surface area contributed by atoms with Gasteiger partial charge in [0.05, 0.1) is 0 Å². The smallest absolute Gasteiger partial charge is 0.273 e. The van der Waals surface area contributed by atoms with Gasteiger partial charge in [-0.15, -0.1) is 0 Å². The van der Waals surface area contributed by atoms with Gasteiger partial charge in [-0.2, -0.15) is 4.98 Å². The summed E-state index contributed by atoms with van der Waals surface area (Å²) in [6, 6.07) is 0. The number of nitrogens with one attached hydrogen (secondary N) is 1. The second kappa shape index (κ2) is 6.29. The topological polar surface area (TPSA) is 114 Å². The second-order valence-electron chi connectivity index (χ2n) is 4.49. The van der Waals surface area contributed by atoms with E-state index in [1.165, 1.54) is 6.39 Å². The molecule has 0 radical (unpaired) electrons. The molecule has 8 heteroatoms. The molecule has 20 heavy (non-hydrogen) atoms. The average molecular weight is 280 g/mol. The van der Waals surface area contributed by atoms with Gasteiger partial charge in [0.25, 0.3) is 11.8 Å². The van der Waals surface area contributed by atoms with Crippen LogP contribution in [0.4, 0.5) is 0 Å². The number of aliphatic hydroxyl groups is 1. The van der Waals surface area contributed by atoms with Crippen molar-refractivity contribution in [2.45, 2.75) is 32.8 Å². The number of aliphatic hydroxyl groups excluding tert-OH is 1. The predicted molar refractivity (Wildman–Crippen MR) is 66.9 cm³/mol. The maximum atomic E-state index is 11.9. The van der Waals surface area contributed by atoms with Crippen LogP contribution in [-0.2, 0) is 13.0 Å². The van der Waals surface area contributed by atoms with Gasteiger partial charge in [-0.05, 0) is 0 Å². The first kappa shape index (κ1) is 14.2. The summed E-state index contributed by atoms with van der Waals surface area (Å²) in [6.07, 6.45) is 1.67. The predicted octanol–water partition coefficient (Wildman–Crippen LogP) is 0.646. The molecule has 1 amide bonds. The van der Waals surface area contributed by atoms with Crippen LogP contribution < -0.4 is 5.32 Å². The van der Waals surface area contributed by atoms with Crippen LogP contribution in [0.25, 0.3) is 0 Å². The Balaban J connectivity index is 1.87. The summed E-state index contributed by atoms with van der Waals surface area (Å²) in [5, 5.41) is 15.2. The van der Waals surface area contributed by atoms with Crippen LogP contribution >= 0.6 is 0 Å². The van der Waals surface area contributed by atoms with E-state index >= 15 is 0 Å². The van der Waals surface area contributed by atoms with Gasteiger partial charge >= 0.3 is 0 Å². The molecule has 2 aromatic heterocycles. The van der Waals surface area contributed by atoms with Gasteiger partial charge < -0.3 is 19.4 Å². The van der Waals surface area contributed by atoms with E-state index in [1.54, 1.807) is 0 Å². The van der Waals surface area contributed by atoms with Gasteiger partial charge in [0.2, 0.25) is 0 Å². The molecule has 2 aromatic rings. The number of hydrogen-bond acceptors (Lipinski definition) is 7. The van der Waals surface area contributed by atoms with Crippen LogP contribution in [0.1, 0.15) is 47.7 Å². The van der Waals surface area contributed by atoms with Crippen LogP contribution in [0.5, 0.6) is 0 Å². The summed E-state index contributed by atoms with van der Waals surface area (Å²) in [5.74, 6) is 0.934. The van der Waals surface area contributed by atoms with E-state index in [0.717, 1.165) is 0 Å². The number of nitrogens with zero attached hydrogens (tertiary/aromatic N) is 3. The van der Waals surface area contributed by atoms with E-state index < -0.39 is 0 Å². The Kier molecular flexibility index (Phi) is 4.46. The summed E-state index contributed by atoms with van der Waals surface area (Å²) in [5.41, 5.74) is 0.296. The normalized spacial score (nSPS) is 11.0. The molecule has 0 aromatic carbocycles. The maximum Gasteiger partial charge on any atom is 0.273 e. The molecule has 0 aliphatic heterocycles. The van der Waals surface area contributed by atoms with Gasteiger partial charge in [0, 0.05) is 18.9 Å². The fraction of sp³-hybridized carbons (Fsp3) is 0.500. The zero-order valence-electron chi connectivity index (χ0n) is 11.3. The highest BCUT2D eigenvalue weighted by molar-refractivity contribution is 5.93. The largest absolute Gasteiger partial charge is 0.447 e. The monoisotopic (exact) mass is 280 g/mol. The van der Waals surface area contributed by atoms with Crippen molar-refractivity contribution in [3.05, 3.63) is 29.6 Å². The van der Waals surface area contributed by atoms with Crippen molar-refractivity contribution >= 4 is 5.91 Å². The van der Waals surface area contributed by atoms with Gasteiger partial charge in [0.1, 0.15) is 12.4 Å². The summed E-state index contributed by atoms with van der Waals surface area (Å²) in [4.78, 5) is 19.8. The van der Waals surface area contributed by atoms with Gasteiger partial charge in [-0.3, -0.25) is 4.79 Å². The number of aromatic nitrogens is 3. The Morgan fingerprint density at radius 3 is 2.95 bits per heavy atom. The molecule has 0 spiro atoms. The number of amides is 1. The first-order valence-corrected chi connectivity index (χ1v) is 6.25. The van der Waals surface area contributed by atoms with Crippen LogP contribution in [-0.4, -0.2) is 32.7 Å². The molecule has 8 nitrogen and oxygen atoms in total. The molecule has 0 unspecified atom stereocenters. The summed E-state index contributed by atoms with van der Waals surface area (Å²) < 4.78 is 9.93. The minimum Gasteiger partial charge on any atom is -0.447 e. The number of hydrogen-bond donors (Lipinski definition) is 2. The molecule has 108 valence electrons. The number of oxazole rings is 1. The third-order valence-electron chi connectivity index (χ3n) is 2.61. The van der Waals surface area contributed by atoms with Gasteiger partial charge in [-0.25, -0.2) is 4.98 Å². The second-order valence-corrected chi connectivity index (χ2v) is 4.49. The van der Waals surface area contributed by atoms with Gasteiger partial charge in [-0.1, -0.05) is 19.0 Å². The van der Waals surface area contributed by atoms with Crippen molar-refractivity contribution in [1.29, 1.82) is 0 Å². The molecule has 0 aliphatic carbocycles. The van der Waals surface area contributed by atoms with Crippen molar-refractivity contribution in [3.8, 4) is 0 Å². The summed E-state index contributed by atoms with van der Waals surface area (Å²) in [6.45, 7) is 3.89. The van der Waals surface area contributed by atoms with Gasteiger partial charge in [0.15, 0.2) is 17.9 Å². The van der Waals surface area contributed by atoms with Crippen LogP contribution in [0.15, 0.2) is 15.3 Å². The van der Waals surface area contributed by atoms with E-state index in [-0.39, 0.29) is 24.3 Å². The minimum absolute atomic E-state index is 0.0857. The zero-order valence-corrected chi connectivity index (χ0v) is 11.3. The third-order valence-corrected chi connectivity index (χ3v) is 2.61. The van der Waals surface area contributed by atoms with Crippen molar-refractivity contribution in [2.75, 3.05) is 6.54 Å². The molecule has 2 heterocycles. The Bertz CT molecular complexity index is 576. The maximum absolute atomic E-state index is 11.9. The molecule has 0 aliphatic rings. The molecule has 0 saturated carbocycles. The Morgan fingerprint density at radius 1 is 1.50 bits per heavy atom. The first-order chi connectivity index (χ1) is 9.61. The lowest BCUT2D eigenvalue weighted by Crippen LogP contribution is -2.27.